The maximum absolute atomic E-state index is 14.7. The lowest BCUT2D eigenvalue weighted by Gasteiger charge is -2.35. The molecular weight excluding hydrogens is 595 g/mol. The van der Waals surface area contributed by atoms with Crippen molar-refractivity contribution in [2.75, 3.05) is 10.8 Å². The molecule has 7 nitrogen and oxygen atoms in total. The fraction of sp³-hybridized carbons (Fsp3) is 0.316. The van der Waals surface area contributed by atoms with Crippen LogP contribution in [-0.4, -0.2) is 43.8 Å². The van der Waals surface area contributed by atoms with Gasteiger partial charge in [0, 0.05) is 19.0 Å². The van der Waals surface area contributed by atoms with E-state index in [-0.39, 0.29) is 23.4 Å². The van der Waals surface area contributed by atoms with Crippen molar-refractivity contribution in [1.29, 1.82) is 0 Å². The van der Waals surface area contributed by atoms with E-state index >= 15 is 0 Å². The van der Waals surface area contributed by atoms with Crippen LogP contribution < -0.4 is 9.62 Å². The Kier molecular flexibility index (Phi) is 10.9. The lowest BCUT2D eigenvalue weighted by atomic mass is 9.94. The van der Waals surface area contributed by atoms with Crippen molar-refractivity contribution in [3.05, 3.63) is 131 Å². The average molecular weight is 638 g/mol. The maximum Gasteiger partial charge on any atom is 0.264 e. The van der Waals surface area contributed by atoms with Crippen LogP contribution in [0, 0.1) is 13.8 Å². The number of hydrogen-bond acceptors (Lipinski definition) is 4. The summed E-state index contributed by atoms with van der Waals surface area (Å²) in [6.07, 6.45) is 5.39. The largest absolute Gasteiger partial charge is 0.352 e. The second-order valence-corrected chi connectivity index (χ2v) is 14.0. The Morgan fingerprint density at radius 1 is 0.783 bits per heavy atom. The van der Waals surface area contributed by atoms with E-state index in [1.807, 2.05) is 86.6 Å². The van der Waals surface area contributed by atoms with Gasteiger partial charge in [0.1, 0.15) is 12.6 Å². The van der Waals surface area contributed by atoms with Gasteiger partial charge in [0.2, 0.25) is 11.8 Å². The Bertz CT molecular complexity index is 1710. The van der Waals surface area contributed by atoms with Crippen LogP contribution in [0.4, 0.5) is 5.69 Å². The highest BCUT2D eigenvalue weighted by atomic mass is 32.2. The van der Waals surface area contributed by atoms with E-state index in [0.717, 1.165) is 54.4 Å². The molecule has 0 aromatic heterocycles. The molecule has 4 aromatic rings. The number of carbonyl (C=O) groups is 2. The number of aryl methyl sites for hydroxylation is 2. The van der Waals surface area contributed by atoms with Crippen LogP contribution in [0.3, 0.4) is 0 Å². The predicted octanol–water partition coefficient (Wildman–Crippen LogP) is 6.59. The Morgan fingerprint density at radius 3 is 2.00 bits per heavy atom. The van der Waals surface area contributed by atoms with Crippen molar-refractivity contribution in [3.63, 3.8) is 0 Å². The summed E-state index contributed by atoms with van der Waals surface area (Å²) < 4.78 is 29.7. The average Bonchev–Trinajstić information content (AvgIpc) is 3.08. The maximum atomic E-state index is 14.7. The second kappa shape index (κ2) is 15.2. The van der Waals surface area contributed by atoms with E-state index in [1.165, 1.54) is 16.4 Å². The third-order valence-electron chi connectivity index (χ3n) is 8.66. The third-order valence-corrected chi connectivity index (χ3v) is 10.4. The van der Waals surface area contributed by atoms with Gasteiger partial charge in [-0.15, -0.1) is 0 Å². The van der Waals surface area contributed by atoms with Gasteiger partial charge in [-0.2, -0.15) is 0 Å². The molecule has 8 heteroatoms. The van der Waals surface area contributed by atoms with Gasteiger partial charge < -0.3 is 10.2 Å². The molecule has 5 rings (SSSR count). The number of amides is 2. The molecule has 0 unspecified atom stereocenters. The summed E-state index contributed by atoms with van der Waals surface area (Å²) in [7, 11) is -4.14. The molecule has 0 bridgehead atoms. The van der Waals surface area contributed by atoms with Gasteiger partial charge in [-0.05, 0) is 67.1 Å². The van der Waals surface area contributed by atoms with Crippen LogP contribution in [0.2, 0.25) is 0 Å². The van der Waals surface area contributed by atoms with E-state index in [9.17, 15) is 18.0 Å². The normalized spacial score (nSPS) is 14.3. The highest BCUT2D eigenvalue weighted by molar-refractivity contribution is 7.92. The lowest BCUT2D eigenvalue weighted by molar-refractivity contribution is -0.140. The molecule has 1 aliphatic rings. The summed E-state index contributed by atoms with van der Waals surface area (Å²) in [6, 6.07) is 32.2. The Labute approximate surface area is 273 Å². The van der Waals surface area contributed by atoms with E-state index in [0.29, 0.717) is 12.1 Å². The Morgan fingerprint density at radius 2 is 1.37 bits per heavy atom. The standard InChI is InChI=1S/C38H43N3O4S/c1-29-23-24-30(2)35(25-29)41(46(44,45)34-21-13-6-14-22-34)28-37(42)40(27-32-17-9-4-10-18-32)36(26-31-15-7-3-8-16-31)38(43)39-33-19-11-5-12-20-33/h3-4,6-10,13-18,21-25,33,36H,5,11-12,19-20,26-28H2,1-2H3,(H,39,43)/t36-/m0/s1. The molecule has 1 aliphatic carbocycles. The summed E-state index contributed by atoms with van der Waals surface area (Å²) in [5, 5.41) is 3.25. The van der Waals surface area contributed by atoms with E-state index in [4.69, 9.17) is 0 Å². The quantitative estimate of drug-likeness (QED) is 0.190. The second-order valence-electron chi connectivity index (χ2n) is 12.2. The van der Waals surface area contributed by atoms with E-state index in [1.54, 1.807) is 29.2 Å². The Hall–Kier alpha value is -4.43. The highest BCUT2D eigenvalue weighted by Crippen LogP contribution is 2.29. The summed E-state index contributed by atoms with van der Waals surface area (Å²) in [5.74, 6) is -0.673. The minimum absolute atomic E-state index is 0.0538. The monoisotopic (exact) mass is 637 g/mol. The van der Waals surface area contributed by atoms with Crippen molar-refractivity contribution in [2.24, 2.45) is 0 Å². The number of rotatable bonds is 12. The molecule has 240 valence electrons. The van der Waals surface area contributed by atoms with Crippen LogP contribution in [0.15, 0.2) is 114 Å². The molecular formula is C38H43N3O4S. The fourth-order valence-corrected chi connectivity index (χ4v) is 7.59. The molecule has 1 N–H and O–H groups in total. The van der Waals surface area contributed by atoms with Gasteiger partial charge in [0.25, 0.3) is 10.0 Å². The van der Waals surface area contributed by atoms with Crippen LogP contribution in [0.5, 0.6) is 0 Å². The fourth-order valence-electron chi connectivity index (χ4n) is 6.10. The number of nitrogens with one attached hydrogen (secondary N) is 1. The van der Waals surface area contributed by atoms with E-state index in [2.05, 4.69) is 5.32 Å². The number of anilines is 1. The highest BCUT2D eigenvalue weighted by Gasteiger charge is 2.35. The molecule has 1 fully saturated rings. The van der Waals surface area contributed by atoms with Crippen LogP contribution >= 0.6 is 0 Å². The van der Waals surface area contributed by atoms with Gasteiger partial charge in [-0.3, -0.25) is 13.9 Å². The topological polar surface area (TPSA) is 86.8 Å². The van der Waals surface area contributed by atoms with E-state index < -0.39 is 28.5 Å². The first kappa shape index (κ1) is 32.9. The first-order valence-corrected chi connectivity index (χ1v) is 17.5. The zero-order valence-electron chi connectivity index (χ0n) is 26.6. The first-order chi connectivity index (χ1) is 22.2. The van der Waals surface area contributed by atoms with Gasteiger partial charge in [-0.1, -0.05) is 110 Å². The lowest BCUT2D eigenvalue weighted by Crippen LogP contribution is -2.55. The number of benzene rings is 4. The summed E-state index contributed by atoms with van der Waals surface area (Å²) in [6.45, 7) is 3.42. The molecule has 1 atom stereocenters. The zero-order valence-corrected chi connectivity index (χ0v) is 27.5. The summed E-state index contributed by atoms with van der Waals surface area (Å²) in [4.78, 5) is 30.5. The molecule has 0 heterocycles. The van der Waals surface area contributed by atoms with Crippen molar-refractivity contribution in [1.82, 2.24) is 10.2 Å². The third kappa shape index (κ3) is 8.23. The molecule has 0 aliphatic heterocycles. The van der Waals surface area contributed by atoms with Gasteiger partial charge in [0.05, 0.1) is 10.6 Å². The summed E-state index contributed by atoms with van der Waals surface area (Å²) in [5.41, 5.74) is 3.80. The van der Waals surface area contributed by atoms with Crippen molar-refractivity contribution in [2.45, 2.75) is 75.9 Å². The van der Waals surface area contributed by atoms with Gasteiger partial charge in [-0.25, -0.2) is 8.42 Å². The summed E-state index contributed by atoms with van der Waals surface area (Å²) >= 11 is 0. The smallest absolute Gasteiger partial charge is 0.264 e. The zero-order chi connectivity index (χ0) is 32.5. The number of nitrogens with zero attached hydrogens (tertiary/aromatic N) is 2. The number of hydrogen-bond donors (Lipinski definition) is 1. The molecule has 0 spiro atoms. The molecule has 46 heavy (non-hydrogen) atoms. The van der Waals surface area contributed by atoms with Crippen LogP contribution in [0.1, 0.15) is 54.4 Å². The van der Waals surface area contributed by atoms with Crippen molar-refractivity contribution >= 4 is 27.5 Å². The molecule has 1 saturated carbocycles. The van der Waals surface area contributed by atoms with Crippen LogP contribution in [-0.2, 0) is 32.6 Å². The predicted molar refractivity (Wildman–Crippen MR) is 183 cm³/mol. The van der Waals surface area contributed by atoms with Crippen molar-refractivity contribution < 1.29 is 18.0 Å². The van der Waals surface area contributed by atoms with Crippen LogP contribution in [0.25, 0.3) is 0 Å². The number of carbonyl (C=O) groups excluding carboxylic acids is 2. The minimum atomic E-state index is -4.14. The molecule has 0 saturated heterocycles. The number of sulfonamides is 1. The Balaban J connectivity index is 1.57. The van der Waals surface area contributed by atoms with Gasteiger partial charge >= 0.3 is 0 Å². The minimum Gasteiger partial charge on any atom is -0.352 e. The molecule has 0 radical (unpaired) electrons. The molecule has 2 amide bonds. The SMILES string of the molecule is Cc1ccc(C)c(N(CC(=O)N(Cc2ccccc2)[C@@H](Cc2ccccc2)C(=O)NC2CCCCC2)S(=O)(=O)c2ccccc2)c1. The first-order valence-electron chi connectivity index (χ1n) is 16.0. The molecule has 4 aromatic carbocycles. The van der Waals surface area contributed by atoms with Gasteiger partial charge in [0.15, 0.2) is 0 Å². The van der Waals surface area contributed by atoms with Crippen molar-refractivity contribution in [3.8, 4) is 0 Å².